The van der Waals surface area contributed by atoms with Crippen LogP contribution in [-0.2, 0) is 0 Å². The van der Waals surface area contributed by atoms with Crippen molar-refractivity contribution in [2.45, 2.75) is 0 Å². The molecule has 4 rings (SSSR count). The molecule has 93 valence electrons. The summed E-state index contributed by atoms with van der Waals surface area (Å²) in [5.41, 5.74) is 4.50. The Hall–Kier alpha value is -2.67. The predicted octanol–water partition coefficient (Wildman–Crippen LogP) is 4.86. The van der Waals surface area contributed by atoms with Gasteiger partial charge < -0.3 is 0 Å². The van der Waals surface area contributed by atoms with Gasteiger partial charge in [0.1, 0.15) is 0 Å². The van der Waals surface area contributed by atoms with E-state index >= 15 is 0 Å². The maximum Gasteiger partial charge on any atom is 0.0710 e. The molecule has 0 amide bonds. The van der Waals surface area contributed by atoms with Crippen molar-refractivity contribution in [1.82, 2.24) is 4.98 Å². The summed E-state index contributed by atoms with van der Waals surface area (Å²) in [5, 5.41) is 2.35. The Kier molecular flexibility index (Phi) is 2.49. The van der Waals surface area contributed by atoms with E-state index in [2.05, 4.69) is 54.6 Å². The quantitative estimate of drug-likeness (QED) is 0.442. The zero-order chi connectivity index (χ0) is 13.4. The van der Waals surface area contributed by atoms with Crippen LogP contribution in [0.2, 0.25) is 0 Å². The molecule has 0 bridgehead atoms. The van der Waals surface area contributed by atoms with E-state index in [0.717, 1.165) is 11.0 Å². The lowest BCUT2D eigenvalue weighted by Crippen LogP contribution is -1.84. The van der Waals surface area contributed by atoms with Gasteiger partial charge in [-0.05, 0) is 41.5 Å². The highest BCUT2D eigenvalue weighted by Crippen LogP contribution is 2.25. The molecule has 4 aromatic rings. The van der Waals surface area contributed by atoms with Gasteiger partial charge >= 0.3 is 0 Å². The average molecular weight is 254 g/mol. The molecule has 0 spiro atoms. The molecule has 1 nitrogen and oxygen atoms in total. The fraction of sp³-hybridized carbons (Fsp3) is 0. The van der Waals surface area contributed by atoms with Crippen LogP contribution in [0, 0.1) is 6.07 Å². The molecule has 0 aliphatic rings. The number of benzene rings is 3. The first-order valence-electron chi connectivity index (χ1n) is 6.66. The van der Waals surface area contributed by atoms with Gasteiger partial charge in [-0.25, -0.2) is 4.98 Å². The van der Waals surface area contributed by atoms with Gasteiger partial charge in [-0.2, -0.15) is 0 Å². The van der Waals surface area contributed by atoms with Crippen LogP contribution in [0.1, 0.15) is 0 Å². The second-order valence-corrected chi connectivity index (χ2v) is 4.88. The summed E-state index contributed by atoms with van der Waals surface area (Å²) in [6.07, 6.45) is 0. The highest BCUT2D eigenvalue weighted by atomic mass is 14.7. The maximum absolute atomic E-state index is 4.71. The normalized spacial score (nSPS) is 11.0. The largest absolute Gasteiger partial charge is 0.248 e. The summed E-state index contributed by atoms with van der Waals surface area (Å²) in [6.45, 7) is 0. The smallest absolute Gasteiger partial charge is 0.0710 e. The summed E-state index contributed by atoms with van der Waals surface area (Å²) >= 11 is 0. The molecule has 1 radical (unpaired) electrons. The standard InChI is InChI=1S/C19H12N/c1-2-6-14(7-3-1)15-10-11-19-17(12-15)13-16-8-4-5-9-18(16)20-19/h2-13H. The van der Waals surface area contributed by atoms with Crippen LogP contribution in [-0.4, -0.2) is 4.98 Å². The lowest BCUT2D eigenvalue weighted by atomic mass is 10.0. The third-order valence-electron chi connectivity index (χ3n) is 3.57. The molecule has 1 heteroatoms. The molecule has 1 aromatic heterocycles. The maximum atomic E-state index is 4.71. The van der Waals surface area contributed by atoms with Gasteiger partial charge in [0.15, 0.2) is 0 Å². The number of hydrogen-bond donors (Lipinski definition) is 0. The van der Waals surface area contributed by atoms with Gasteiger partial charge in [0.2, 0.25) is 0 Å². The Balaban J connectivity index is 1.97. The first-order valence-corrected chi connectivity index (χ1v) is 6.66. The fourth-order valence-electron chi connectivity index (χ4n) is 2.54. The van der Waals surface area contributed by atoms with Gasteiger partial charge in [-0.15, -0.1) is 0 Å². The predicted molar refractivity (Wildman–Crippen MR) is 83.5 cm³/mol. The highest BCUT2D eigenvalue weighted by molar-refractivity contribution is 5.94. The van der Waals surface area contributed by atoms with E-state index in [1.807, 2.05) is 24.3 Å². The number of para-hydroxylation sites is 1. The van der Waals surface area contributed by atoms with E-state index in [1.54, 1.807) is 0 Å². The van der Waals surface area contributed by atoms with E-state index in [-0.39, 0.29) is 0 Å². The van der Waals surface area contributed by atoms with Crippen molar-refractivity contribution in [3.8, 4) is 11.1 Å². The van der Waals surface area contributed by atoms with Crippen molar-refractivity contribution in [1.29, 1.82) is 0 Å². The molecule has 3 aromatic carbocycles. The molecule has 0 saturated carbocycles. The van der Waals surface area contributed by atoms with Crippen LogP contribution in [0.15, 0.2) is 72.8 Å². The van der Waals surface area contributed by atoms with Crippen molar-refractivity contribution >= 4 is 21.8 Å². The van der Waals surface area contributed by atoms with Crippen molar-refractivity contribution < 1.29 is 0 Å². The molecule has 0 fully saturated rings. The minimum absolute atomic E-state index is 1.04. The zero-order valence-corrected chi connectivity index (χ0v) is 10.9. The number of fused-ring (bicyclic) bond motifs is 2. The fourth-order valence-corrected chi connectivity index (χ4v) is 2.54. The molecule has 0 saturated heterocycles. The Morgan fingerprint density at radius 3 is 2.35 bits per heavy atom. The lowest BCUT2D eigenvalue weighted by molar-refractivity contribution is 1.49. The third kappa shape index (κ3) is 1.84. The van der Waals surface area contributed by atoms with Gasteiger partial charge in [-0.3, -0.25) is 0 Å². The average Bonchev–Trinajstić information content (AvgIpc) is 2.53. The first-order chi connectivity index (χ1) is 9.90. The SMILES string of the molecule is [c]1ccc(-c2ccc3nc4ccccc4cc3c2)cc1. The topological polar surface area (TPSA) is 12.9 Å². The zero-order valence-electron chi connectivity index (χ0n) is 10.9. The van der Waals surface area contributed by atoms with Crippen LogP contribution in [0.4, 0.5) is 0 Å². The summed E-state index contributed by atoms with van der Waals surface area (Å²) < 4.78 is 0. The van der Waals surface area contributed by atoms with Crippen LogP contribution in [0.3, 0.4) is 0 Å². The van der Waals surface area contributed by atoms with Crippen molar-refractivity contribution in [2.75, 3.05) is 0 Å². The van der Waals surface area contributed by atoms with Crippen LogP contribution in [0.5, 0.6) is 0 Å². The molecular formula is C19H12N. The van der Waals surface area contributed by atoms with Crippen LogP contribution < -0.4 is 0 Å². The summed E-state index contributed by atoms with van der Waals surface area (Å²) in [4.78, 5) is 4.71. The second-order valence-electron chi connectivity index (χ2n) is 4.88. The van der Waals surface area contributed by atoms with E-state index in [4.69, 9.17) is 4.98 Å². The van der Waals surface area contributed by atoms with E-state index in [9.17, 15) is 0 Å². The molecule has 0 aliphatic heterocycles. The molecule has 1 heterocycles. The molecule has 0 unspecified atom stereocenters. The summed E-state index contributed by atoms with van der Waals surface area (Å²) in [6, 6.07) is 27.9. The molecule has 20 heavy (non-hydrogen) atoms. The van der Waals surface area contributed by atoms with Gasteiger partial charge in [0, 0.05) is 10.8 Å². The third-order valence-corrected chi connectivity index (χ3v) is 3.57. The van der Waals surface area contributed by atoms with Crippen LogP contribution >= 0.6 is 0 Å². The number of rotatable bonds is 1. The highest BCUT2D eigenvalue weighted by Gasteiger charge is 2.02. The Morgan fingerprint density at radius 2 is 1.45 bits per heavy atom. The van der Waals surface area contributed by atoms with E-state index in [0.29, 0.717) is 0 Å². The van der Waals surface area contributed by atoms with E-state index < -0.39 is 0 Å². The van der Waals surface area contributed by atoms with Crippen molar-refractivity contribution in [3.05, 3.63) is 78.9 Å². The lowest BCUT2D eigenvalue weighted by Gasteiger charge is -2.05. The Bertz CT molecular complexity index is 895. The Labute approximate surface area is 117 Å². The summed E-state index contributed by atoms with van der Waals surface area (Å²) in [5.74, 6) is 0. The number of aromatic nitrogens is 1. The molecule has 0 aliphatic carbocycles. The van der Waals surface area contributed by atoms with Gasteiger partial charge in [-0.1, -0.05) is 48.5 Å². The molecular weight excluding hydrogens is 242 g/mol. The van der Waals surface area contributed by atoms with Crippen molar-refractivity contribution in [2.24, 2.45) is 0 Å². The Morgan fingerprint density at radius 1 is 0.650 bits per heavy atom. The van der Waals surface area contributed by atoms with Gasteiger partial charge in [0.05, 0.1) is 11.0 Å². The molecule has 0 N–H and O–H groups in total. The number of hydrogen-bond acceptors (Lipinski definition) is 1. The molecule has 0 atom stereocenters. The first kappa shape index (κ1) is 11.2. The number of nitrogens with zero attached hydrogens (tertiary/aromatic N) is 1. The van der Waals surface area contributed by atoms with Gasteiger partial charge in [0.25, 0.3) is 0 Å². The van der Waals surface area contributed by atoms with Crippen LogP contribution in [0.25, 0.3) is 32.9 Å². The van der Waals surface area contributed by atoms with Crippen molar-refractivity contribution in [3.63, 3.8) is 0 Å². The minimum Gasteiger partial charge on any atom is -0.248 e. The second kappa shape index (κ2) is 4.46. The minimum atomic E-state index is 1.04. The summed E-state index contributed by atoms with van der Waals surface area (Å²) in [7, 11) is 0. The van der Waals surface area contributed by atoms with E-state index in [1.165, 1.54) is 21.9 Å². The number of pyridine rings is 1. The monoisotopic (exact) mass is 254 g/mol.